The molecule has 26 heavy (non-hydrogen) atoms. The van der Waals surface area contributed by atoms with Crippen LogP contribution in [0, 0.1) is 0 Å². The molecule has 1 amide bonds. The lowest BCUT2D eigenvalue weighted by Gasteiger charge is -2.27. The first-order valence-corrected chi connectivity index (χ1v) is 10.5. The molecule has 0 N–H and O–H groups in total. The Bertz CT molecular complexity index is 904. The van der Waals surface area contributed by atoms with Crippen LogP contribution in [0.2, 0.25) is 0 Å². The van der Waals surface area contributed by atoms with E-state index in [0.29, 0.717) is 4.88 Å². The van der Waals surface area contributed by atoms with Crippen LogP contribution in [0.25, 0.3) is 0 Å². The van der Waals surface area contributed by atoms with E-state index in [2.05, 4.69) is 0 Å². The SMILES string of the molecule is O=C(OCC(=O)N(Cc1ccccc1)[C@H]1C=CS(=O)(=O)C1)c1cccs1. The Morgan fingerprint density at radius 1 is 1.15 bits per heavy atom. The highest BCUT2D eigenvalue weighted by molar-refractivity contribution is 7.94. The van der Waals surface area contributed by atoms with Crippen LogP contribution in [-0.4, -0.2) is 43.6 Å². The number of carbonyl (C=O) groups excluding carboxylic acids is 2. The maximum absolute atomic E-state index is 12.6. The Labute approximate surface area is 155 Å². The van der Waals surface area contributed by atoms with Gasteiger partial charge in [0.2, 0.25) is 0 Å². The molecular weight excluding hydrogens is 374 g/mol. The van der Waals surface area contributed by atoms with Crippen LogP contribution >= 0.6 is 11.3 Å². The average molecular weight is 391 g/mol. The Morgan fingerprint density at radius 2 is 1.92 bits per heavy atom. The predicted octanol–water partition coefficient (Wildman–Crippen LogP) is 2.24. The van der Waals surface area contributed by atoms with E-state index in [-0.39, 0.29) is 12.3 Å². The van der Waals surface area contributed by atoms with E-state index in [9.17, 15) is 18.0 Å². The van der Waals surface area contributed by atoms with Gasteiger partial charge in [-0.3, -0.25) is 4.79 Å². The van der Waals surface area contributed by atoms with Crippen molar-refractivity contribution in [1.82, 2.24) is 4.90 Å². The van der Waals surface area contributed by atoms with Crippen molar-refractivity contribution >= 4 is 33.1 Å². The molecule has 0 fully saturated rings. The molecule has 2 heterocycles. The standard InChI is InChI=1S/C18H17NO5S2/c20-17(12-24-18(21)16-7-4-9-25-16)19(11-14-5-2-1-3-6-14)15-8-10-26(22,23)13-15/h1-10,15H,11-13H2/t15-/m0/s1. The first kappa shape index (κ1) is 18.3. The zero-order valence-corrected chi connectivity index (χ0v) is 15.4. The van der Waals surface area contributed by atoms with E-state index in [1.165, 1.54) is 22.3 Å². The molecule has 0 radical (unpaired) electrons. The van der Waals surface area contributed by atoms with Gasteiger partial charge in [0.15, 0.2) is 16.4 Å². The smallest absolute Gasteiger partial charge is 0.348 e. The van der Waals surface area contributed by atoms with E-state index < -0.39 is 34.4 Å². The molecule has 0 bridgehead atoms. The summed E-state index contributed by atoms with van der Waals surface area (Å²) in [6.45, 7) is -0.200. The number of carbonyl (C=O) groups is 2. The molecule has 1 aliphatic heterocycles. The second-order valence-electron chi connectivity index (χ2n) is 5.79. The third-order valence-electron chi connectivity index (χ3n) is 3.88. The second kappa shape index (κ2) is 7.84. The van der Waals surface area contributed by atoms with Crippen LogP contribution in [0.4, 0.5) is 0 Å². The molecular formula is C18H17NO5S2. The minimum absolute atomic E-state index is 0.162. The molecule has 0 saturated carbocycles. The lowest BCUT2D eigenvalue weighted by atomic mass is 10.2. The van der Waals surface area contributed by atoms with Crippen molar-refractivity contribution in [3.8, 4) is 0 Å². The van der Waals surface area contributed by atoms with Gasteiger partial charge in [-0.1, -0.05) is 36.4 Å². The largest absolute Gasteiger partial charge is 0.451 e. The van der Waals surface area contributed by atoms with Crippen molar-refractivity contribution in [2.24, 2.45) is 0 Å². The van der Waals surface area contributed by atoms with E-state index in [1.807, 2.05) is 30.3 Å². The molecule has 3 rings (SSSR count). The average Bonchev–Trinajstić information content (AvgIpc) is 3.28. The lowest BCUT2D eigenvalue weighted by Crippen LogP contribution is -2.42. The van der Waals surface area contributed by atoms with Crippen molar-refractivity contribution in [3.05, 3.63) is 69.8 Å². The summed E-state index contributed by atoms with van der Waals surface area (Å²) in [5.74, 6) is -1.17. The normalized spacial score (nSPS) is 17.8. The third-order valence-corrected chi connectivity index (χ3v) is 6.10. The highest BCUT2D eigenvalue weighted by Gasteiger charge is 2.30. The lowest BCUT2D eigenvalue weighted by molar-refractivity contribution is -0.136. The molecule has 1 aromatic heterocycles. The number of thiophene rings is 1. The summed E-state index contributed by atoms with van der Waals surface area (Å²) >= 11 is 1.23. The number of amides is 1. The zero-order chi connectivity index (χ0) is 18.6. The maximum Gasteiger partial charge on any atom is 0.348 e. The van der Waals surface area contributed by atoms with Crippen molar-refractivity contribution in [2.45, 2.75) is 12.6 Å². The summed E-state index contributed by atoms with van der Waals surface area (Å²) in [6.07, 6.45) is 1.50. The molecule has 2 aromatic rings. The fourth-order valence-corrected chi connectivity index (χ4v) is 4.51. The van der Waals surface area contributed by atoms with Crippen LogP contribution in [0.15, 0.2) is 59.3 Å². The van der Waals surface area contributed by atoms with Crippen LogP contribution in [0.5, 0.6) is 0 Å². The quantitative estimate of drug-likeness (QED) is 0.706. The van der Waals surface area contributed by atoms with Gasteiger partial charge in [0.25, 0.3) is 5.91 Å². The summed E-state index contributed by atoms with van der Waals surface area (Å²) < 4.78 is 28.6. The van der Waals surface area contributed by atoms with Crippen molar-refractivity contribution in [2.75, 3.05) is 12.4 Å². The summed E-state index contributed by atoms with van der Waals surface area (Å²) in [7, 11) is -3.31. The fraction of sp³-hybridized carbons (Fsp3) is 0.222. The van der Waals surface area contributed by atoms with Crippen molar-refractivity contribution in [1.29, 1.82) is 0 Å². The first-order chi connectivity index (χ1) is 12.4. The maximum atomic E-state index is 12.6. The van der Waals surface area contributed by atoms with Crippen molar-refractivity contribution < 1.29 is 22.7 Å². The van der Waals surface area contributed by atoms with Gasteiger partial charge in [0, 0.05) is 12.0 Å². The summed E-state index contributed by atoms with van der Waals surface area (Å²) in [5, 5.41) is 2.87. The monoisotopic (exact) mass is 391 g/mol. The highest BCUT2D eigenvalue weighted by Crippen LogP contribution is 2.18. The molecule has 1 atom stereocenters. The summed E-state index contributed by atoms with van der Waals surface area (Å²) in [6, 6.07) is 12.0. The number of sulfone groups is 1. The predicted molar refractivity (Wildman–Crippen MR) is 98.3 cm³/mol. The number of rotatable bonds is 6. The summed E-state index contributed by atoms with van der Waals surface area (Å²) in [5.41, 5.74) is 0.864. The minimum Gasteiger partial charge on any atom is -0.451 e. The molecule has 0 spiro atoms. The van der Waals surface area contributed by atoms with E-state index >= 15 is 0 Å². The van der Waals surface area contributed by atoms with Gasteiger partial charge >= 0.3 is 5.97 Å². The fourth-order valence-electron chi connectivity index (χ4n) is 2.60. The zero-order valence-electron chi connectivity index (χ0n) is 13.8. The van der Waals surface area contributed by atoms with E-state index in [0.717, 1.165) is 11.0 Å². The Morgan fingerprint density at radius 3 is 2.54 bits per heavy atom. The number of esters is 1. The van der Waals surface area contributed by atoms with Crippen LogP contribution in [0.1, 0.15) is 15.2 Å². The minimum atomic E-state index is -3.31. The van der Waals surface area contributed by atoms with E-state index in [4.69, 9.17) is 4.74 Å². The molecule has 1 aliphatic rings. The molecule has 136 valence electrons. The molecule has 0 saturated heterocycles. The van der Waals surface area contributed by atoms with E-state index in [1.54, 1.807) is 17.5 Å². The van der Waals surface area contributed by atoms with Gasteiger partial charge in [-0.25, -0.2) is 13.2 Å². The van der Waals surface area contributed by atoms with Crippen LogP contribution in [0.3, 0.4) is 0 Å². The number of benzene rings is 1. The van der Waals surface area contributed by atoms with Gasteiger partial charge in [0.1, 0.15) is 4.88 Å². The van der Waals surface area contributed by atoms with Crippen molar-refractivity contribution in [3.63, 3.8) is 0 Å². The van der Waals surface area contributed by atoms with Gasteiger partial charge < -0.3 is 9.64 Å². The Hall–Kier alpha value is -2.45. The Kier molecular flexibility index (Phi) is 5.53. The molecule has 0 unspecified atom stereocenters. The first-order valence-electron chi connectivity index (χ1n) is 7.89. The number of hydrogen-bond donors (Lipinski definition) is 0. The van der Waals surface area contributed by atoms with Gasteiger partial charge in [-0.05, 0) is 23.1 Å². The van der Waals surface area contributed by atoms with Gasteiger partial charge in [0.05, 0.1) is 11.8 Å². The molecule has 6 nitrogen and oxygen atoms in total. The number of nitrogens with zero attached hydrogens (tertiary/aromatic N) is 1. The second-order valence-corrected chi connectivity index (χ2v) is 8.66. The molecule has 0 aliphatic carbocycles. The third kappa shape index (κ3) is 4.59. The Balaban J connectivity index is 1.71. The number of ether oxygens (including phenoxy) is 1. The topological polar surface area (TPSA) is 80.8 Å². The van der Waals surface area contributed by atoms with Gasteiger partial charge in [-0.15, -0.1) is 11.3 Å². The van der Waals surface area contributed by atoms with Gasteiger partial charge in [-0.2, -0.15) is 0 Å². The van der Waals surface area contributed by atoms with Crippen LogP contribution < -0.4 is 0 Å². The highest BCUT2D eigenvalue weighted by atomic mass is 32.2. The molecule has 1 aromatic carbocycles. The van der Waals surface area contributed by atoms with Crippen LogP contribution in [-0.2, 0) is 25.9 Å². The number of hydrogen-bond acceptors (Lipinski definition) is 6. The summed E-state index contributed by atoms with van der Waals surface area (Å²) in [4.78, 5) is 26.4. The molecule has 8 heteroatoms.